The first kappa shape index (κ1) is 24.3. The van der Waals surface area contributed by atoms with E-state index < -0.39 is 5.97 Å². The first-order valence-corrected chi connectivity index (χ1v) is 9.69. The van der Waals surface area contributed by atoms with E-state index in [1.165, 1.54) is 0 Å². The van der Waals surface area contributed by atoms with Crippen LogP contribution >= 0.6 is 11.6 Å². The van der Waals surface area contributed by atoms with E-state index in [1.807, 2.05) is 34.9 Å². The first-order chi connectivity index (χ1) is 13.5. The molecule has 0 aliphatic heterocycles. The van der Waals surface area contributed by atoms with Gasteiger partial charge >= 0.3 is 57.4 Å². The van der Waals surface area contributed by atoms with Crippen molar-refractivity contribution in [3.63, 3.8) is 0 Å². The SMILES string of the molecule is CCCCc1nc(Cl)c(CO)n1Cc1ccc(-c2ccccc2C(=O)O)cc1.[KH]. The molecule has 1 heterocycles. The standard InChI is InChI=1S/C22H23ClN2O3.K.H/c1-2-3-8-20-24-21(23)19(14-26)25(20)13-15-9-11-16(12-10-15)17-6-4-5-7-18(17)22(27)28;;/h4-7,9-12,26H,2-3,8,13-14H2,1H3,(H,27,28);;. The minimum absolute atomic E-state index is 0. The molecule has 0 aliphatic carbocycles. The van der Waals surface area contributed by atoms with Crippen molar-refractivity contribution in [3.8, 4) is 11.1 Å². The van der Waals surface area contributed by atoms with Crippen molar-refractivity contribution in [1.82, 2.24) is 9.55 Å². The first-order valence-electron chi connectivity index (χ1n) is 9.31. The summed E-state index contributed by atoms with van der Waals surface area (Å²) in [6, 6.07) is 14.7. The van der Waals surface area contributed by atoms with Crippen LogP contribution in [-0.2, 0) is 19.6 Å². The number of rotatable bonds is 8. The topological polar surface area (TPSA) is 75.4 Å². The summed E-state index contributed by atoms with van der Waals surface area (Å²) in [7, 11) is 0. The molecule has 29 heavy (non-hydrogen) atoms. The van der Waals surface area contributed by atoms with E-state index in [1.54, 1.807) is 18.2 Å². The Balaban J connectivity index is 0.00000300. The number of hydrogen-bond acceptors (Lipinski definition) is 3. The van der Waals surface area contributed by atoms with Gasteiger partial charge in [-0.1, -0.05) is 67.4 Å². The summed E-state index contributed by atoms with van der Waals surface area (Å²) in [4.78, 5) is 15.9. The van der Waals surface area contributed by atoms with Gasteiger partial charge in [-0.25, -0.2) is 9.78 Å². The summed E-state index contributed by atoms with van der Waals surface area (Å²) in [6.45, 7) is 2.51. The number of hydrogen-bond donors (Lipinski definition) is 2. The molecule has 0 saturated carbocycles. The molecule has 0 atom stereocenters. The fourth-order valence-electron chi connectivity index (χ4n) is 3.26. The number of imidazole rings is 1. The van der Waals surface area contributed by atoms with Crippen LogP contribution in [0.4, 0.5) is 0 Å². The Morgan fingerprint density at radius 1 is 1.14 bits per heavy atom. The van der Waals surface area contributed by atoms with Crippen molar-refractivity contribution >= 4 is 69.0 Å². The van der Waals surface area contributed by atoms with Gasteiger partial charge in [-0.2, -0.15) is 0 Å². The van der Waals surface area contributed by atoms with Gasteiger partial charge in [0.05, 0.1) is 17.9 Å². The number of carboxylic acids is 1. The fraction of sp³-hybridized carbons (Fsp3) is 0.273. The Morgan fingerprint density at radius 2 is 1.83 bits per heavy atom. The quantitative estimate of drug-likeness (QED) is 0.518. The molecule has 3 aromatic rings. The van der Waals surface area contributed by atoms with Crippen LogP contribution in [-0.4, -0.2) is 77.1 Å². The molecule has 0 spiro atoms. The van der Waals surface area contributed by atoms with Gasteiger partial charge in [0.1, 0.15) is 5.82 Å². The number of benzene rings is 2. The summed E-state index contributed by atoms with van der Waals surface area (Å²) in [5, 5.41) is 19.4. The summed E-state index contributed by atoms with van der Waals surface area (Å²) in [5.74, 6) is -0.0721. The molecule has 0 bridgehead atoms. The van der Waals surface area contributed by atoms with Crippen molar-refractivity contribution in [2.45, 2.75) is 39.3 Å². The summed E-state index contributed by atoms with van der Waals surface area (Å²) < 4.78 is 1.97. The van der Waals surface area contributed by atoms with E-state index in [4.69, 9.17) is 11.6 Å². The molecule has 5 nitrogen and oxygen atoms in total. The van der Waals surface area contributed by atoms with Gasteiger partial charge in [0.15, 0.2) is 5.15 Å². The van der Waals surface area contributed by atoms with Crippen LogP contribution in [0.25, 0.3) is 11.1 Å². The number of unbranched alkanes of at least 4 members (excludes halogenated alkanes) is 1. The molecule has 0 saturated heterocycles. The van der Waals surface area contributed by atoms with Crippen LogP contribution in [0.1, 0.15) is 47.2 Å². The van der Waals surface area contributed by atoms with Crippen LogP contribution in [0.2, 0.25) is 5.15 Å². The molecule has 0 radical (unpaired) electrons. The molecule has 0 amide bonds. The predicted octanol–water partition coefficient (Wildman–Crippen LogP) is 4.14. The number of aromatic carboxylic acids is 1. The molecule has 0 unspecified atom stereocenters. The Labute approximate surface area is 218 Å². The minimum atomic E-state index is -0.944. The zero-order chi connectivity index (χ0) is 20.1. The Kier molecular flexibility index (Phi) is 9.55. The van der Waals surface area contributed by atoms with E-state index in [-0.39, 0.29) is 63.6 Å². The molecule has 3 rings (SSSR count). The molecule has 1 aromatic heterocycles. The van der Waals surface area contributed by atoms with Gasteiger partial charge in [-0.15, -0.1) is 0 Å². The number of aliphatic hydroxyl groups excluding tert-OH is 1. The van der Waals surface area contributed by atoms with Crippen LogP contribution < -0.4 is 0 Å². The monoisotopic (exact) mass is 438 g/mol. The Bertz CT molecular complexity index is 971. The number of carboxylic acid groups (broad SMARTS) is 1. The zero-order valence-electron chi connectivity index (χ0n) is 15.7. The van der Waals surface area contributed by atoms with Crippen molar-refractivity contribution in [2.75, 3.05) is 0 Å². The number of aryl methyl sites for hydroxylation is 1. The van der Waals surface area contributed by atoms with Gasteiger partial charge in [-0.05, 0) is 29.2 Å². The third-order valence-electron chi connectivity index (χ3n) is 4.77. The number of halogens is 1. The van der Waals surface area contributed by atoms with Crippen molar-refractivity contribution in [1.29, 1.82) is 0 Å². The molecule has 7 heteroatoms. The molecule has 148 valence electrons. The van der Waals surface area contributed by atoms with Crippen molar-refractivity contribution in [3.05, 3.63) is 76.3 Å². The van der Waals surface area contributed by atoms with Crippen LogP contribution in [0, 0.1) is 0 Å². The predicted molar refractivity (Wildman–Crippen MR) is 117 cm³/mol. The maximum absolute atomic E-state index is 11.5. The van der Waals surface area contributed by atoms with Gasteiger partial charge in [0, 0.05) is 13.0 Å². The van der Waals surface area contributed by atoms with Crippen LogP contribution in [0.15, 0.2) is 48.5 Å². The second-order valence-electron chi connectivity index (χ2n) is 6.66. The number of aliphatic hydroxyl groups is 1. The molecule has 0 fully saturated rings. The normalized spacial score (nSPS) is 10.6. The maximum atomic E-state index is 11.5. The van der Waals surface area contributed by atoms with E-state index in [2.05, 4.69) is 11.9 Å². The van der Waals surface area contributed by atoms with Gasteiger partial charge in [0.25, 0.3) is 0 Å². The number of carbonyl (C=O) groups is 1. The van der Waals surface area contributed by atoms with E-state index >= 15 is 0 Å². The molecule has 2 N–H and O–H groups in total. The van der Waals surface area contributed by atoms with Crippen LogP contribution in [0.5, 0.6) is 0 Å². The van der Waals surface area contributed by atoms with Gasteiger partial charge in [-0.3, -0.25) is 0 Å². The third-order valence-corrected chi connectivity index (χ3v) is 5.07. The second-order valence-corrected chi connectivity index (χ2v) is 7.02. The van der Waals surface area contributed by atoms with E-state index in [0.717, 1.165) is 36.2 Å². The molecule has 0 aliphatic rings. The van der Waals surface area contributed by atoms with Gasteiger partial charge < -0.3 is 14.8 Å². The third kappa shape index (κ3) is 5.79. The number of nitrogens with zero attached hydrogens (tertiary/aromatic N) is 2. The average molecular weight is 439 g/mol. The number of aromatic nitrogens is 2. The van der Waals surface area contributed by atoms with Crippen molar-refractivity contribution in [2.24, 2.45) is 0 Å². The molecule has 2 aromatic carbocycles. The van der Waals surface area contributed by atoms with Crippen LogP contribution in [0.3, 0.4) is 0 Å². The average Bonchev–Trinajstić information content (AvgIpc) is 3.01. The van der Waals surface area contributed by atoms with Crippen molar-refractivity contribution < 1.29 is 15.0 Å². The molecular weight excluding hydrogens is 415 g/mol. The van der Waals surface area contributed by atoms with Gasteiger partial charge in [0.2, 0.25) is 0 Å². The summed E-state index contributed by atoms with van der Waals surface area (Å²) in [6.07, 6.45) is 2.86. The Morgan fingerprint density at radius 3 is 2.45 bits per heavy atom. The molecular formula is C22H24ClKN2O3. The van der Waals surface area contributed by atoms with E-state index in [0.29, 0.717) is 23.0 Å². The Hall–Kier alpha value is -0.994. The zero-order valence-corrected chi connectivity index (χ0v) is 16.5. The fourth-order valence-corrected chi connectivity index (χ4v) is 3.52. The second kappa shape index (κ2) is 11.4. The summed E-state index contributed by atoms with van der Waals surface area (Å²) >= 11 is 6.20. The summed E-state index contributed by atoms with van der Waals surface area (Å²) in [5.41, 5.74) is 3.46. The van der Waals surface area contributed by atoms with E-state index in [9.17, 15) is 15.0 Å².